The minimum absolute atomic E-state index is 0.158. The summed E-state index contributed by atoms with van der Waals surface area (Å²) in [7, 11) is 0. The van der Waals surface area contributed by atoms with Gasteiger partial charge in [0.15, 0.2) is 5.78 Å². The summed E-state index contributed by atoms with van der Waals surface area (Å²) in [4.78, 5) is 11.7. The molecule has 0 saturated heterocycles. The smallest absolute Gasteiger partial charge is 0.155 e. The van der Waals surface area contributed by atoms with E-state index in [0.717, 1.165) is 19.3 Å². The number of hydrogen-bond donors (Lipinski definition) is 0. The molecule has 2 fully saturated rings. The molecule has 22 heavy (non-hydrogen) atoms. The van der Waals surface area contributed by atoms with Crippen molar-refractivity contribution in [2.45, 2.75) is 52.4 Å². The van der Waals surface area contributed by atoms with Crippen molar-refractivity contribution < 1.29 is 4.79 Å². The maximum Gasteiger partial charge on any atom is 0.155 e. The Kier molecular flexibility index (Phi) is 2.96. The number of nitriles is 1. The van der Waals surface area contributed by atoms with Crippen LogP contribution in [-0.2, 0) is 4.79 Å². The lowest BCUT2D eigenvalue weighted by atomic mass is 9.50. The van der Waals surface area contributed by atoms with Gasteiger partial charge in [-0.1, -0.05) is 19.1 Å². The van der Waals surface area contributed by atoms with E-state index in [1.165, 1.54) is 24.8 Å². The Bertz CT molecular complexity index is 624. The fourth-order valence-electron chi connectivity index (χ4n) is 6.11. The van der Waals surface area contributed by atoms with E-state index in [4.69, 9.17) is 0 Å². The molecule has 0 aromatic rings. The van der Waals surface area contributed by atoms with Crippen LogP contribution in [0.5, 0.6) is 0 Å². The minimum atomic E-state index is -0.158. The van der Waals surface area contributed by atoms with Crippen LogP contribution in [0.15, 0.2) is 23.8 Å². The van der Waals surface area contributed by atoms with Crippen LogP contribution in [-0.4, -0.2) is 5.78 Å². The molecule has 0 amide bonds. The van der Waals surface area contributed by atoms with Gasteiger partial charge in [0.25, 0.3) is 0 Å². The van der Waals surface area contributed by atoms with Crippen LogP contribution in [0.25, 0.3) is 0 Å². The summed E-state index contributed by atoms with van der Waals surface area (Å²) in [6, 6.07) is 2.66. The average Bonchev–Trinajstić information content (AvgIpc) is 2.79. The molecule has 0 heterocycles. The van der Waals surface area contributed by atoms with Gasteiger partial charge in [-0.05, 0) is 79.8 Å². The molecular formula is C20H25NO. The highest BCUT2D eigenvalue weighted by molar-refractivity contribution is 5.91. The quantitative estimate of drug-likeness (QED) is 0.663. The summed E-state index contributed by atoms with van der Waals surface area (Å²) < 4.78 is 0. The zero-order valence-corrected chi connectivity index (χ0v) is 13.6. The molecule has 6 unspecified atom stereocenters. The molecule has 0 aromatic carbocycles. The summed E-state index contributed by atoms with van der Waals surface area (Å²) in [5.41, 5.74) is 1.29. The lowest BCUT2D eigenvalue weighted by molar-refractivity contribution is -0.115. The van der Waals surface area contributed by atoms with Crippen molar-refractivity contribution in [2.24, 2.45) is 34.5 Å². The van der Waals surface area contributed by atoms with E-state index in [9.17, 15) is 10.1 Å². The van der Waals surface area contributed by atoms with Crippen LogP contribution in [0.3, 0.4) is 0 Å². The second kappa shape index (κ2) is 4.57. The van der Waals surface area contributed by atoms with Crippen molar-refractivity contribution in [3.05, 3.63) is 23.8 Å². The topological polar surface area (TPSA) is 40.9 Å². The zero-order valence-electron chi connectivity index (χ0n) is 13.6. The Morgan fingerprint density at radius 3 is 2.82 bits per heavy atom. The van der Waals surface area contributed by atoms with Gasteiger partial charge in [0, 0.05) is 6.42 Å². The number of hydrogen-bond acceptors (Lipinski definition) is 2. The number of fused-ring (bicyclic) bond motifs is 5. The molecule has 4 aliphatic rings. The van der Waals surface area contributed by atoms with Crippen LogP contribution in [0, 0.1) is 45.8 Å². The molecule has 2 saturated carbocycles. The SMILES string of the molecule is CC1(C#N)CCC2C3C=CC4=CC(=O)CCC4C3CCC21C. The van der Waals surface area contributed by atoms with Gasteiger partial charge in [-0.15, -0.1) is 0 Å². The molecule has 6 atom stereocenters. The number of carbonyl (C=O) groups excluding carboxylic acids is 1. The van der Waals surface area contributed by atoms with Crippen LogP contribution in [0.2, 0.25) is 0 Å². The van der Waals surface area contributed by atoms with E-state index < -0.39 is 0 Å². The lowest BCUT2D eigenvalue weighted by Gasteiger charge is -2.53. The van der Waals surface area contributed by atoms with Crippen LogP contribution < -0.4 is 0 Å². The predicted octanol–water partition coefficient (Wildman–Crippen LogP) is 4.43. The molecule has 0 bridgehead atoms. The van der Waals surface area contributed by atoms with Gasteiger partial charge in [0.1, 0.15) is 0 Å². The van der Waals surface area contributed by atoms with E-state index in [0.29, 0.717) is 29.5 Å². The number of ketones is 1. The summed E-state index contributed by atoms with van der Waals surface area (Å²) in [6.07, 6.45) is 12.9. The fourth-order valence-corrected chi connectivity index (χ4v) is 6.11. The number of rotatable bonds is 0. The molecule has 0 spiro atoms. The third-order valence-corrected chi connectivity index (χ3v) is 7.72. The first kappa shape index (κ1) is 14.2. The Morgan fingerprint density at radius 1 is 1.23 bits per heavy atom. The third-order valence-electron chi connectivity index (χ3n) is 7.72. The number of allylic oxidation sites excluding steroid dienone is 4. The fraction of sp³-hybridized carbons (Fsp3) is 0.700. The Balaban J connectivity index is 1.71. The van der Waals surface area contributed by atoms with Gasteiger partial charge in [-0.2, -0.15) is 5.26 Å². The van der Waals surface area contributed by atoms with E-state index in [1.807, 2.05) is 6.08 Å². The highest BCUT2D eigenvalue weighted by atomic mass is 16.1. The van der Waals surface area contributed by atoms with Crippen LogP contribution in [0.1, 0.15) is 52.4 Å². The van der Waals surface area contributed by atoms with Gasteiger partial charge in [0.05, 0.1) is 11.5 Å². The second-order valence-corrected chi connectivity index (χ2v) is 8.40. The lowest BCUT2D eigenvalue weighted by Crippen LogP contribution is -2.47. The molecule has 0 aliphatic heterocycles. The molecule has 2 heteroatoms. The van der Waals surface area contributed by atoms with Gasteiger partial charge in [-0.25, -0.2) is 0 Å². The monoisotopic (exact) mass is 295 g/mol. The van der Waals surface area contributed by atoms with Gasteiger partial charge >= 0.3 is 0 Å². The summed E-state index contributed by atoms with van der Waals surface area (Å²) in [5.74, 6) is 2.85. The maximum atomic E-state index is 11.7. The Morgan fingerprint density at radius 2 is 2.05 bits per heavy atom. The second-order valence-electron chi connectivity index (χ2n) is 8.40. The van der Waals surface area contributed by atoms with Crippen LogP contribution >= 0.6 is 0 Å². The Hall–Kier alpha value is -1.36. The summed E-state index contributed by atoms with van der Waals surface area (Å²) >= 11 is 0. The molecule has 0 radical (unpaired) electrons. The van der Waals surface area contributed by atoms with E-state index in [2.05, 4.69) is 32.1 Å². The molecule has 4 aliphatic carbocycles. The van der Waals surface area contributed by atoms with Gasteiger partial charge in [0.2, 0.25) is 0 Å². The van der Waals surface area contributed by atoms with E-state index in [-0.39, 0.29) is 10.8 Å². The standard InChI is InChI=1S/C20H25NO/c1-19(12-21)9-8-18-17-5-3-13-11-14(22)4-6-15(13)16(17)7-10-20(18,19)2/h3,5,11,15-18H,4,6-10H2,1-2H3. The van der Waals surface area contributed by atoms with Gasteiger partial charge < -0.3 is 0 Å². The van der Waals surface area contributed by atoms with Crippen molar-refractivity contribution in [1.82, 2.24) is 0 Å². The number of nitrogens with zero attached hydrogens (tertiary/aromatic N) is 1. The van der Waals surface area contributed by atoms with Gasteiger partial charge in [-0.3, -0.25) is 4.79 Å². The zero-order chi connectivity index (χ0) is 15.5. The Labute approximate surface area is 133 Å². The van der Waals surface area contributed by atoms with Crippen molar-refractivity contribution in [1.29, 1.82) is 5.26 Å². The first-order valence-corrected chi connectivity index (χ1v) is 8.82. The highest BCUT2D eigenvalue weighted by Crippen LogP contribution is 2.66. The van der Waals surface area contributed by atoms with Crippen LogP contribution in [0.4, 0.5) is 0 Å². The molecular weight excluding hydrogens is 270 g/mol. The van der Waals surface area contributed by atoms with E-state index in [1.54, 1.807) is 0 Å². The van der Waals surface area contributed by atoms with Crippen molar-refractivity contribution in [3.63, 3.8) is 0 Å². The summed E-state index contributed by atoms with van der Waals surface area (Å²) in [5, 5.41) is 9.73. The maximum absolute atomic E-state index is 11.7. The van der Waals surface area contributed by atoms with Crippen molar-refractivity contribution in [2.75, 3.05) is 0 Å². The predicted molar refractivity (Wildman–Crippen MR) is 85.7 cm³/mol. The van der Waals surface area contributed by atoms with E-state index >= 15 is 0 Å². The first-order valence-electron chi connectivity index (χ1n) is 8.82. The van der Waals surface area contributed by atoms with Crippen molar-refractivity contribution >= 4 is 5.78 Å². The molecule has 2 nitrogen and oxygen atoms in total. The first-order chi connectivity index (χ1) is 10.5. The molecule has 4 rings (SSSR count). The largest absolute Gasteiger partial charge is 0.295 e. The van der Waals surface area contributed by atoms with Crippen molar-refractivity contribution in [3.8, 4) is 6.07 Å². The summed E-state index contributed by atoms with van der Waals surface area (Å²) in [6.45, 7) is 4.55. The normalized spacial score (nSPS) is 49.7. The minimum Gasteiger partial charge on any atom is -0.295 e. The average molecular weight is 295 g/mol. The highest BCUT2D eigenvalue weighted by Gasteiger charge is 2.60. The molecule has 0 N–H and O–H groups in total. The third kappa shape index (κ3) is 1.69. The number of carbonyl (C=O) groups is 1. The molecule has 0 aromatic heterocycles. The molecule has 116 valence electrons.